The minimum absolute atomic E-state index is 0.0492. The number of aromatic hydroxyl groups is 1. The van der Waals surface area contributed by atoms with Crippen molar-refractivity contribution in [3.8, 4) is 5.75 Å². The van der Waals surface area contributed by atoms with Crippen molar-refractivity contribution in [3.05, 3.63) is 58.7 Å². The van der Waals surface area contributed by atoms with E-state index < -0.39 is 5.97 Å². The first-order valence-corrected chi connectivity index (χ1v) is 15.1. The van der Waals surface area contributed by atoms with Gasteiger partial charge in [0.05, 0.1) is 24.5 Å². The first kappa shape index (κ1) is 29.1. The van der Waals surface area contributed by atoms with E-state index in [1.807, 2.05) is 30.3 Å². The monoisotopic (exact) mass is 559 g/mol. The Kier molecular flexibility index (Phi) is 8.93. The molecule has 7 nitrogen and oxygen atoms in total. The maximum atomic E-state index is 13.5. The number of fused-ring (bicyclic) bond motifs is 4. The highest BCUT2D eigenvalue weighted by molar-refractivity contribution is 6.06. The first-order valence-electron chi connectivity index (χ1n) is 15.1. The zero-order valence-electron chi connectivity index (χ0n) is 24.1. The summed E-state index contributed by atoms with van der Waals surface area (Å²) in [7, 11) is 0. The fourth-order valence-electron chi connectivity index (χ4n) is 7.20. The van der Waals surface area contributed by atoms with Crippen LogP contribution in [0, 0.1) is 17.8 Å². The number of phenolic OH excluding ortho intramolecular Hbond substituents is 1. The third-order valence-electron chi connectivity index (χ3n) is 9.11. The van der Waals surface area contributed by atoms with E-state index in [4.69, 9.17) is 9.84 Å². The van der Waals surface area contributed by atoms with Crippen LogP contribution in [0.4, 0.5) is 0 Å². The van der Waals surface area contributed by atoms with E-state index in [1.54, 1.807) is 6.07 Å². The molecule has 0 radical (unpaired) electrons. The number of amides is 2. The molecule has 4 atom stereocenters. The Hall–Kier alpha value is -3.45. The number of carbonyl (C=O) groups is 3. The number of likely N-dealkylation sites (tertiary alicyclic amines) is 1. The van der Waals surface area contributed by atoms with Crippen LogP contribution in [-0.2, 0) is 19.1 Å². The van der Waals surface area contributed by atoms with Crippen LogP contribution in [0.1, 0.15) is 77.2 Å². The average molecular weight is 560 g/mol. The fraction of sp³-hybridized carbons (Fsp3) is 0.500. The molecule has 1 aliphatic carbocycles. The topological polar surface area (TPSA) is 104 Å². The molecular weight excluding hydrogens is 518 g/mol. The lowest BCUT2D eigenvalue weighted by Gasteiger charge is -2.30. The standard InChI is InChI=1S/C34H41NO6/c1-3-9-22(19-23-14-15-28(36)25-11-7-6-10-24(23)25)13-16-29-31-21(2)18-26-32(27(31)20-41-29)34(40)35(33(26)39)17-8-4-5-12-30(37)38/h6-7,10-11,14-15,19,26-27,29,32,36H,3-5,8-9,12-13,16-18,20H2,1-2H3,(H,37,38)/b22-19+/t26-,27+,29-,32-/m1/s1. The van der Waals surface area contributed by atoms with Crippen LogP contribution in [0.3, 0.4) is 0 Å². The van der Waals surface area contributed by atoms with Gasteiger partial charge in [-0.05, 0) is 68.0 Å². The maximum absolute atomic E-state index is 13.5. The zero-order chi connectivity index (χ0) is 29.1. The molecule has 218 valence electrons. The maximum Gasteiger partial charge on any atom is 0.303 e. The molecule has 2 N–H and O–H groups in total. The second-order valence-corrected chi connectivity index (χ2v) is 11.8. The Bertz CT molecular complexity index is 1390. The predicted octanol–water partition coefficient (Wildman–Crippen LogP) is 6.49. The van der Waals surface area contributed by atoms with Gasteiger partial charge >= 0.3 is 5.97 Å². The summed E-state index contributed by atoms with van der Waals surface area (Å²) >= 11 is 0. The number of ether oxygens (including phenoxy) is 1. The molecule has 0 bridgehead atoms. The molecule has 3 aliphatic rings. The van der Waals surface area contributed by atoms with Crippen molar-refractivity contribution < 1.29 is 29.3 Å². The quantitative estimate of drug-likeness (QED) is 0.175. The summed E-state index contributed by atoms with van der Waals surface area (Å²) in [4.78, 5) is 38.9. The van der Waals surface area contributed by atoms with Crippen LogP contribution in [0.25, 0.3) is 16.8 Å². The second-order valence-electron chi connectivity index (χ2n) is 11.8. The van der Waals surface area contributed by atoms with Gasteiger partial charge in [0.1, 0.15) is 5.75 Å². The minimum Gasteiger partial charge on any atom is -0.507 e. The van der Waals surface area contributed by atoms with E-state index >= 15 is 0 Å². The van der Waals surface area contributed by atoms with E-state index in [0.717, 1.165) is 42.0 Å². The smallest absolute Gasteiger partial charge is 0.303 e. The molecule has 2 fully saturated rings. The van der Waals surface area contributed by atoms with E-state index in [2.05, 4.69) is 19.9 Å². The Morgan fingerprint density at radius 2 is 1.78 bits per heavy atom. The number of aliphatic carboxylic acids is 1. The van der Waals surface area contributed by atoms with Gasteiger partial charge in [-0.25, -0.2) is 0 Å². The molecule has 41 heavy (non-hydrogen) atoms. The number of benzene rings is 2. The number of nitrogens with zero attached hydrogens (tertiary/aromatic N) is 1. The van der Waals surface area contributed by atoms with Gasteiger partial charge in [-0.1, -0.05) is 67.3 Å². The lowest BCUT2D eigenvalue weighted by Crippen LogP contribution is -2.34. The highest BCUT2D eigenvalue weighted by Crippen LogP contribution is 2.49. The predicted molar refractivity (Wildman–Crippen MR) is 158 cm³/mol. The van der Waals surface area contributed by atoms with Crippen LogP contribution in [0.2, 0.25) is 0 Å². The zero-order valence-corrected chi connectivity index (χ0v) is 24.1. The molecule has 2 amide bonds. The average Bonchev–Trinajstić information content (AvgIpc) is 3.48. The second kappa shape index (κ2) is 12.6. The van der Waals surface area contributed by atoms with Crippen LogP contribution in [0.15, 0.2) is 53.1 Å². The van der Waals surface area contributed by atoms with Crippen molar-refractivity contribution in [1.29, 1.82) is 0 Å². The molecule has 2 saturated heterocycles. The molecule has 2 aliphatic heterocycles. The summed E-state index contributed by atoms with van der Waals surface area (Å²) in [5.74, 6) is -1.39. The Labute approximate surface area is 241 Å². The van der Waals surface area contributed by atoms with Crippen LogP contribution >= 0.6 is 0 Å². The SMILES string of the molecule is CCC/C(=C\c1ccc(O)c2ccccc12)CC[C@H]1OC[C@H]2C1=C(C)C[C@H]1C(=O)N(CCCCCC(=O)O)C(=O)[C@H]12. The van der Waals surface area contributed by atoms with Gasteiger partial charge in [0.2, 0.25) is 11.8 Å². The number of hydrogen-bond donors (Lipinski definition) is 2. The van der Waals surface area contributed by atoms with Gasteiger partial charge in [-0.3, -0.25) is 19.3 Å². The number of carboxylic acids is 1. The third-order valence-corrected chi connectivity index (χ3v) is 9.11. The lowest BCUT2D eigenvalue weighted by molar-refractivity contribution is -0.141. The Morgan fingerprint density at radius 3 is 2.54 bits per heavy atom. The molecule has 2 aromatic carbocycles. The van der Waals surface area contributed by atoms with Gasteiger partial charge in [0.25, 0.3) is 0 Å². The summed E-state index contributed by atoms with van der Waals surface area (Å²) < 4.78 is 6.34. The molecule has 0 saturated carbocycles. The Balaban J connectivity index is 1.27. The van der Waals surface area contributed by atoms with Gasteiger partial charge in [0, 0.05) is 24.3 Å². The summed E-state index contributed by atoms with van der Waals surface area (Å²) in [5.41, 5.74) is 4.85. The number of carboxylic acid groups (broad SMARTS) is 1. The van der Waals surface area contributed by atoms with Crippen molar-refractivity contribution in [2.75, 3.05) is 13.2 Å². The highest BCUT2D eigenvalue weighted by Gasteiger charge is 2.56. The van der Waals surface area contributed by atoms with Gasteiger partial charge in [0.15, 0.2) is 0 Å². The number of phenols is 1. The number of hydrogen-bond acceptors (Lipinski definition) is 5. The molecule has 7 heteroatoms. The van der Waals surface area contributed by atoms with Crippen molar-refractivity contribution in [1.82, 2.24) is 4.90 Å². The van der Waals surface area contributed by atoms with Crippen molar-refractivity contribution >= 4 is 34.6 Å². The first-order chi connectivity index (χ1) is 19.8. The number of imide groups is 1. The molecular formula is C34H41NO6. The molecule has 2 heterocycles. The number of unbranched alkanes of at least 4 members (excludes halogenated alkanes) is 2. The van der Waals surface area contributed by atoms with Gasteiger partial charge < -0.3 is 14.9 Å². The highest BCUT2D eigenvalue weighted by atomic mass is 16.5. The lowest BCUT2D eigenvalue weighted by atomic mass is 9.70. The van der Waals surface area contributed by atoms with Gasteiger partial charge in [-0.2, -0.15) is 0 Å². The van der Waals surface area contributed by atoms with E-state index in [-0.39, 0.29) is 47.8 Å². The Morgan fingerprint density at radius 1 is 1.00 bits per heavy atom. The third kappa shape index (κ3) is 5.96. The van der Waals surface area contributed by atoms with Crippen LogP contribution < -0.4 is 0 Å². The van der Waals surface area contributed by atoms with E-state index in [1.165, 1.54) is 21.6 Å². The molecule has 0 aromatic heterocycles. The number of rotatable bonds is 12. The fourth-order valence-corrected chi connectivity index (χ4v) is 7.20. The van der Waals surface area contributed by atoms with Crippen molar-refractivity contribution in [2.45, 2.75) is 77.7 Å². The van der Waals surface area contributed by atoms with E-state index in [9.17, 15) is 19.5 Å². The molecule has 5 rings (SSSR count). The summed E-state index contributed by atoms with van der Waals surface area (Å²) in [6.07, 6.45) is 8.51. The number of allylic oxidation sites excluding steroid dienone is 2. The molecule has 0 unspecified atom stereocenters. The number of carbonyl (C=O) groups excluding carboxylic acids is 2. The molecule has 2 aromatic rings. The van der Waals surface area contributed by atoms with Crippen LogP contribution in [-0.4, -0.2) is 52.2 Å². The molecule has 0 spiro atoms. The summed E-state index contributed by atoms with van der Waals surface area (Å²) in [5, 5.41) is 21.0. The largest absolute Gasteiger partial charge is 0.507 e. The van der Waals surface area contributed by atoms with Crippen LogP contribution in [0.5, 0.6) is 5.75 Å². The summed E-state index contributed by atoms with van der Waals surface area (Å²) in [6, 6.07) is 11.6. The van der Waals surface area contributed by atoms with Crippen molar-refractivity contribution in [2.24, 2.45) is 17.8 Å². The van der Waals surface area contributed by atoms with E-state index in [0.29, 0.717) is 38.8 Å². The van der Waals surface area contributed by atoms with Gasteiger partial charge in [-0.15, -0.1) is 0 Å². The van der Waals surface area contributed by atoms with Crippen molar-refractivity contribution in [3.63, 3.8) is 0 Å². The summed E-state index contributed by atoms with van der Waals surface area (Å²) in [6.45, 7) is 5.11. The normalized spacial score (nSPS) is 24.3. The minimum atomic E-state index is -0.819.